The van der Waals surface area contributed by atoms with Crippen LogP contribution in [0.15, 0.2) is 24.4 Å². The second-order valence-electron chi connectivity index (χ2n) is 6.56. The van der Waals surface area contributed by atoms with Crippen molar-refractivity contribution in [2.45, 2.75) is 59.4 Å². The summed E-state index contributed by atoms with van der Waals surface area (Å²) >= 11 is 0. The Balaban J connectivity index is 2.24. The largest absolute Gasteiger partial charge is 0.469 e. The van der Waals surface area contributed by atoms with Crippen LogP contribution in [0.4, 0.5) is 0 Å². The van der Waals surface area contributed by atoms with Gasteiger partial charge in [-0.1, -0.05) is 37.3 Å². The summed E-state index contributed by atoms with van der Waals surface area (Å²) in [5.74, 6) is -0.260. The highest BCUT2D eigenvalue weighted by molar-refractivity contribution is 5.73. The van der Waals surface area contributed by atoms with Gasteiger partial charge >= 0.3 is 5.97 Å². The molecule has 0 aliphatic rings. The van der Waals surface area contributed by atoms with Gasteiger partial charge in [-0.25, -0.2) is 0 Å². The monoisotopic (exact) mass is 343 g/mol. The van der Waals surface area contributed by atoms with Crippen molar-refractivity contribution in [3.8, 4) is 0 Å². The van der Waals surface area contributed by atoms with Crippen LogP contribution in [0.25, 0.3) is 0 Å². The van der Waals surface area contributed by atoms with Crippen LogP contribution in [0.3, 0.4) is 0 Å². The topological polar surface area (TPSA) is 57.0 Å². The van der Waals surface area contributed by atoms with E-state index in [9.17, 15) is 4.79 Å². The molecule has 0 N–H and O–H groups in total. The number of nitrogens with zero attached hydrogens (tertiary/aromatic N) is 3. The number of hydrogen-bond acceptors (Lipinski definition) is 4. The molecule has 1 heterocycles. The summed E-state index contributed by atoms with van der Waals surface area (Å²) in [6, 6.07) is 6.53. The van der Waals surface area contributed by atoms with Gasteiger partial charge in [-0.3, -0.25) is 9.48 Å². The van der Waals surface area contributed by atoms with Gasteiger partial charge in [0.15, 0.2) is 0 Å². The van der Waals surface area contributed by atoms with Crippen LogP contribution < -0.4 is 0 Å². The number of methoxy groups -OCH3 is 1. The van der Waals surface area contributed by atoms with E-state index in [4.69, 9.17) is 4.74 Å². The molecule has 0 radical (unpaired) electrons. The zero-order chi connectivity index (χ0) is 18.4. The lowest BCUT2D eigenvalue weighted by Crippen LogP contribution is -2.21. The third-order valence-corrected chi connectivity index (χ3v) is 4.98. The summed E-state index contributed by atoms with van der Waals surface area (Å²) in [6.07, 6.45) is 4.60. The first-order valence-corrected chi connectivity index (χ1v) is 9.06. The Morgan fingerprint density at radius 1 is 1.32 bits per heavy atom. The van der Waals surface area contributed by atoms with Gasteiger partial charge in [0.2, 0.25) is 0 Å². The van der Waals surface area contributed by atoms with Crippen LogP contribution in [0.2, 0.25) is 0 Å². The van der Waals surface area contributed by atoms with Gasteiger partial charge in [-0.05, 0) is 55.7 Å². The minimum atomic E-state index is -0.196. The second-order valence-corrected chi connectivity index (χ2v) is 6.56. The summed E-state index contributed by atoms with van der Waals surface area (Å²) in [5, 5.41) is 8.32. The van der Waals surface area contributed by atoms with E-state index in [0.717, 1.165) is 31.5 Å². The summed E-state index contributed by atoms with van der Waals surface area (Å²) in [7, 11) is 1.45. The zero-order valence-electron chi connectivity index (χ0n) is 16.0. The van der Waals surface area contributed by atoms with Crippen molar-refractivity contribution in [2.24, 2.45) is 5.92 Å². The molecule has 2 aromatic rings. The summed E-state index contributed by atoms with van der Waals surface area (Å²) < 4.78 is 6.83. The number of benzene rings is 1. The number of carbonyl (C=O) groups excluding carboxylic acids is 1. The highest BCUT2D eigenvalue weighted by atomic mass is 16.5. The van der Waals surface area contributed by atoms with Gasteiger partial charge in [0.25, 0.3) is 0 Å². The predicted molar refractivity (Wildman–Crippen MR) is 98.5 cm³/mol. The predicted octanol–water partition coefficient (Wildman–Crippen LogP) is 3.69. The molecule has 0 aliphatic heterocycles. The van der Waals surface area contributed by atoms with Gasteiger partial charge in [0, 0.05) is 12.7 Å². The molecule has 0 spiro atoms. The van der Waals surface area contributed by atoms with Crippen molar-refractivity contribution in [1.29, 1.82) is 0 Å². The van der Waals surface area contributed by atoms with E-state index in [-0.39, 0.29) is 17.8 Å². The smallest absolute Gasteiger partial charge is 0.308 e. The molecule has 0 saturated heterocycles. The van der Waals surface area contributed by atoms with Crippen LogP contribution in [0, 0.1) is 12.8 Å². The fraction of sp³-hybridized carbons (Fsp3) is 0.550. The Hall–Kier alpha value is -2.17. The minimum Gasteiger partial charge on any atom is -0.469 e. The third kappa shape index (κ3) is 4.68. The Bertz CT molecular complexity index is 709. The van der Waals surface area contributed by atoms with E-state index in [1.54, 1.807) is 0 Å². The van der Waals surface area contributed by atoms with Crippen LogP contribution in [-0.4, -0.2) is 28.1 Å². The molecule has 0 saturated carbocycles. The highest BCUT2D eigenvalue weighted by Crippen LogP contribution is 2.31. The molecule has 0 amide bonds. The van der Waals surface area contributed by atoms with Crippen LogP contribution in [0.5, 0.6) is 0 Å². The average Bonchev–Trinajstić information content (AvgIpc) is 3.10. The lowest BCUT2D eigenvalue weighted by molar-refractivity contribution is -0.145. The van der Waals surface area contributed by atoms with Crippen LogP contribution >= 0.6 is 0 Å². The second kappa shape index (κ2) is 8.79. The first-order chi connectivity index (χ1) is 12.0. The van der Waals surface area contributed by atoms with E-state index in [1.165, 1.54) is 23.8 Å². The van der Waals surface area contributed by atoms with E-state index in [1.807, 2.05) is 24.7 Å². The molecule has 0 bridgehead atoms. The van der Waals surface area contributed by atoms with Crippen LogP contribution in [0.1, 0.15) is 55.5 Å². The standard InChI is InChI=1S/C20H29N3O2/c1-6-16-12-17(9-8-14(16)3)19(15(4)20(24)25-5)11-10-18-13-23(7-2)22-21-18/h8-9,12-13,15,19H,6-7,10-11H2,1-5H3. The third-order valence-electron chi connectivity index (χ3n) is 4.98. The maximum Gasteiger partial charge on any atom is 0.308 e. The van der Waals surface area contributed by atoms with E-state index < -0.39 is 0 Å². The lowest BCUT2D eigenvalue weighted by Gasteiger charge is -2.23. The number of carbonyl (C=O) groups is 1. The van der Waals surface area contributed by atoms with Gasteiger partial charge in [0.1, 0.15) is 0 Å². The Labute approximate surface area is 150 Å². The lowest BCUT2D eigenvalue weighted by atomic mass is 9.82. The molecule has 1 aromatic carbocycles. The number of esters is 1. The maximum absolute atomic E-state index is 12.2. The fourth-order valence-electron chi connectivity index (χ4n) is 3.27. The van der Waals surface area contributed by atoms with Gasteiger partial charge in [-0.2, -0.15) is 0 Å². The Kier molecular flexibility index (Phi) is 6.73. The molecular formula is C20H29N3O2. The molecule has 5 nitrogen and oxygen atoms in total. The summed E-state index contributed by atoms with van der Waals surface area (Å²) in [6.45, 7) is 9.09. The number of ether oxygens (including phenoxy) is 1. The van der Waals surface area contributed by atoms with E-state index >= 15 is 0 Å². The number of aryl methyl sites for hydroxylation is 4. The summed E-state index contributed by atoms with van der Waals surface area (Å²) in [4.78, 5) is 12.2. The van der Waals surface area contributed by atoms with E-state index in [0.29, 0.717) is 0 Å². The van der Waals surface area contributed by atoms with Gasteiger partial charge < -0.3 is 4.74 Å². The Morgan fingerprint density at radius 3 is 2.68 bits per heavy atom. The van der Waals surface area contributed by atoms with E-state index in [2.05, 4.69) is 42.4 Å². The van der Waals surface area contributed by atoms with Crippen molar-refractivity contribution in [3.63, 3.8) is 0 Å². The normalized spacial score (nSPS) is 13.5. The van der Waals surface area contributed by atoms with Crippen molar-refractivity contribution >= 4 is 5.97 Å². The van der Waals surface area contributed by atoms with Gasteiger partial charge in [0.05, 0.1) is 18.7 Å². The fourth-order valence-corrected chi connectivity index (χ4v) is 3.27. The molecule has 0 aliphatic carbocycles. The minimum absolute atomic E-state index is 0.102. The molecule has 2 atom stereocenters. The molecule has 136 valence electrons. The van der Waals surface area contributed by atoms with Crippen LogP contribution in [-0.2, 0) is 28.9 Å². The maximum atomic E-state index is 12.2. The molecule has 2 unspecified atom stereocenters. The number of hydrogen-bond donors (Lipinski definition) is 0. The molecular weight excluding hydrogens is 314 g/mol. The van der Waals surface area contributed by atoms with Crippen molar-refractivity contribution in [1.82, 2.24) is 15.0 Å². The summed E-state index contributed by atoms with van der Waals surface area (Å²) in [5.41, 5.74) is 4.79. The molecule has 0 fully saturated rings. The molecule has 5 heteroatoms. The highest BCUT2D eigenvalue weighted by Gasteiger charge is 2.26. The van der Waals surface area contributed by atoms with Crippen molar-refractivity contribution in [2.75, 3.05) is 7.11 Å². The zero-order valence-corrected chi connectivity index (χ0v) is 16.0. The Morgan fingerprint density at radius 2 is 2.08 bits per heavy atom. The average molecular weight is 343 g/mol. The van der Waals surface area contributed by atoms with Crippen molar-refractivity contribution < 1.29 is 9.53 Å². The molecule has 2 rings (SSSR count). The number of rotatable bonds is 8. The first kappa shape index (κ1) is 19.2. The first-order valence-electron chi connectivity index (χ1n) is 9.06. The van der Waals surface area contributed by atoms with Crippen molar-refractivity contribution in [3.05, 3.63) is 46.8 Å². The molecule has 25 heavy (non-hydrogen) atoms. The quantitative estimate of drug-likeness (QED) is 0.686. The number of aromatic nitrogens is 3. The SMILES string of the molecule is CCc1cc(C(CCc2cn(CC)nn2)C(C)C(=O)OC)ccc1C. The van der Waals surface area contributed by atoms with Gasteiger partial charge in [-0.15, -0.1) is 5.10 Å². The molecule has 1 aromatic heterocycles.